The van der Waals surface area contributed by atoms with E-state index in [9.17, 15) is 13.5 Å². The van der Waals surface area contributed by atoms with Crippen molar-refractivity contribution in [2.45, 2.75) is 11.8 Å². The molecular weight excluding hydrogens is 322 g/mol. The number of sulfonamides is 1. The summed E-state index contributed by atoms with van der Waals surface area (Å²) in [6.07, 6.45) is 0. The van der Waals surface area contributed by atoms with Crippen molar-refractivity contribution in [1.29, 1.82) is 0 Å². The number of hydrogen-bond donors (Lipinski definition) is 1. The summed E-state index contributed by atoms with van der Waals surface area (Å²) >= 11 is 0. The predicted molar refractivity (Wildman–Crippen MR) is 95.1 cm³/mol. The van der Waals surface area contributed by atoms with Crippen LogP contribution in [0.4, 0.5) is 11.4 Å². The van der Waals surface area contributed by atoms with Crippen LogP contribution in [0.2, 0.25) is 0 Å². The van der Waals surface area contributed by atoms with Gasteiger partial charge in [-0.1, -0.05) is 42.0 Å². The van der Waals surface area contributed by atoms with Gasteiger partial charge in [0.1, 0.15) is 5.75 Å². The van der Waals surface area contributed by atoms with Gasteiger partial charge in [0.25, 0.3) is 10.0 Å². The molecule has 3 aromatic carbocycles. The fraction of sp³-hybridized carbons (Fsp3) is 0.0526. The summed E-state index contributed by atoms with van der Waals surface area (Å²) in [5.41, 5.74) is 1.86. The van der Waals surface area contributed by atoms with E-state index in [1.165, 1.54) is 16.4 Å². The van der Waals surface area contributed by atoms with Gasteiger partial charge >= 0.3 is 0 Å². The average molecular weight is 339 g/mol. The number of aryl methyl sites for hydroxylation is 1. The van der Waals surface area contributed by atoms with Crippen molar-refractivity contribution in [2.24, 2.45) is 0 Å². The minimum Gasteiger partial charge on any atom is -0.508 e. The Balaban J connectivity index is 2.19. The fourth-order valence-corrected chi connectivity index (χ4v) is 3.91. The van der Waals surface area contributed by atoms with Gasteiger partial charge in [0.15, 0.2) is 0 Å². The lowest BCUT2D eigenvalue weighted by Gasteiger charge is -2.24. The molecule has 0 fully saturated rings. The highest BCUT2D eigenvalue weighted by molar-refractivity contribution is 7.93. The van der Waals surface area contributed by atoms with E-state index in [2.05, 4.69) is 0 Å². The minimum atomic E-state index is -3.82. The molecule has 1 N–H and O–H groups in total. The van der Waals surface area contributed by atoms with Gasteiger partial charge in [-0.05, 0) is 43.3 Å². The van der Waals surface area contributed by atoms with Crippen LogP contribution in [0.25, 0.3) is 0 Å². The Morgan fingerprint density at radius 2 is 1.42 bits per heavy atom. The van der Waals surface area contributed by atoms with E-state index in [4.69, 9.17) is 0 Å². The maximum Gasteiger partial charge on any atom is 0.268 e. The Morgan fingerprint density at radius 1 is 0.792 bits per heavy atom. The molecule has 0 bridgehead atoms. The van der Waals surface area contributed by atoms with E-state index in [-0.39, 0.29) is 10.6 Å². The number of benzene rings is 3. The highest BCUT2D eigenvalue weighted by Gasteiger charge is 2.26. The van der Waals surface area contributed by atoms with Gasteiger partial charge < -0.3 is 5.11 Å². The number of phenols is 1. The molecule has 5 heteroatoms. The first-order valence-corrected chi connectivity index (χ1v) is 8.88. The van der Waals surface area contributed by atoms with Crippen molar-refractivity contribution in [3.8, 4) is 5.75 Å². The lowest BCUT2D eigenvalue weighted by atomic mass is 10.2. The number of para-hydroxylation sites is 1. The zero-order valence-electron chi connectivity index (χ0n) is 13.1. The second-order valence-corrected chi connectivity index (χ2v) is 7.22. The topological polar surface area (TPSA) is 57.6 Å². The summed E-state index contributed by atoms with van der Waals surface area (Å²) in [4.78, 5) is 0.195. The second-order valence-electron chi connectivity index (χ2n) is 5.44. The highest BCUT2D eigenvalue weighted by Crippen LogP contribution is 2.33. The van der Waals surface area contributed by atoms with Crippen LogP contribution < -0.4 is 4.31 Å². The Morgan fingerprint density at radius 3 is 2.04 bits per heavy atom. The zero-order chi connectivity index (χ0) is 17.2. The van der Waals surface area contributed by atoms with Crippen LogP contribution in [0, 0.1) is 6.92 Å². The molecule has 0 amide bonds. The van der Waals surface area contributed by atoms with E-state index >= 15 is 0 Å². The van der Waals surface area contributed by atoms with Crippen LogP contribution in [0.15, 0.2) is 83.8 Å². The number of nitrogens with zero attached hydrogens (tertiary/aromatic N) is 1. The molecule has 0 saturated heterocycles. The van der Waals surface area contributed by atoms with Crippen LogP contribution in [0.1, 0.15) is 5.56 Å². The predicted octanol–water partition coefficient (Wildman–Crippen LogP) is 4.23. The number of anilines is 2. The monoisotopic (exact) mass is 339 g/mol. The van der Waals surface area contributed by atoms with E-state index in [1.807, 2.05) is 13.0 Å². The molecule has 0 radical (unpaired) electrons. The molecule has 0 heterocycles. The van der Waals surface area contributed by atoms with Crippen molar-refractivity contribution >= 4 is 21.4 Å². The molecule has 0 atom stereocenters. The summed E-state index contributed by atoms with van der Waals surface area (Å²) in [5.74, 6) is 0.00698. The van der Waals surface area contributed by atoms with Crippen LogP contribution >= 0.6 is 0 Å². The van der Waals surface area contributed by atoms with Crippen molar-refractivity contribution < 1.29 is 13.5 Å². The Labute approximate surface area is 141 Å². The molecule has 0 saturated carbocycles. The van der Waals surface area contributed by atoms with Crippen LogP contribution in [-0.2, 0) is 10.0 Å². The summed E-state index contributed by atoms with van der Waals surface area (Å²) in [6, 6.07) is 21.7. The molecule has 0 spiro atoms. The van der Waals surface area contributed by atoms with Crippen molar-refractivity contribution in [2.75, 3.05) is 4.31 Å². The molecule has 0 unspecified atom stereocenters. The highest BCUT2D eigenvalue weighted by atomic mass is 32.2. The van der Waals surface area contributed by atoms with Crippen molar-refractivity contribution in [3.63, 3.8) is 0 Å². The molecule has 0 aliphatic heterocycles. The third kappa shape index (κ3) is 3.12. The van der Waals surface area contributed by atoms with E-state index < -0.39 is 10.0 Å². The normalized spacial score (nSPS) is 11.2. The summed E-state index contributed by atoms with van der Waals surface area (Å²) in [7, 11) is -3.82. The molecule has 122 valence electrons. The molecule has 0 aliphatic carbocycles. The van der Waals surface area contributed by atoms with Gasteiger partial charge in [-0.3, -0.25) is 0 Å². The molecule has 24 heavy (non-hydrogen) atoms. The first-order valence-electron chi connectivity index (χ1n) is 7.44. The summed E-state index contributed by atoms with van der Waals surface area (Å²) < 4.78 is 27.6. The van der Waals surface area contributed by atoms with Crippen molar-refractivity contribution in [1.82, 2.24) is 0 Å². The number of hydrogen-bond acceptors (Lipinski definition) is 3. The van der Waals surface area contributed by atoms with Gasteiger partial charge in [-0.25, -0.2) is 12.7 Å². The number of rotatable bonds is 4. The van der Waals surface area contributed by atoms with Gasteiger partial charge in [-0.2, -0.15) is 0 Å². The Kier molecular flexibility index (Phi) is 4.27. The SMILES string of the molecule is Cc1ccc(S(=O)(=O)N(c2ccccc2)c2cccc(O)c2)cc1. The van der Waals surface area contributed by atoms with Gasteiger partial charge in [0, 0.05) is 6.07 Å². The van der Waals surface area contributed by atoms with Crippen LogP contribution in [0.3, 0.4) is 0 Å². The van der Waals surface area contributed by atoms with Crippen molar-refractivity contribution in [3.05, 3.63) is 84.4 Å². The smallest absolute Gasteiger partial charge is 0.268 e. The molecule has 3 aromatic rings. The minimum absolute atomic E-state index is 0.00698. The maximum atomic E-state index is 13.2. The van der Waals surface area contributed by atoms with Crippen LogP contribution in [-0.4, -0.2) is 13.5 Å². The second kappa shape index (κ2) is 6.37. The van der Waals surface area contributed by atoms with E-state index in [1.54, 1.807) is 60.7 Å². The molecular formula is C19H17NO3S. The van der Waals surface area contributed by atoms with Gasteiger partial charge in [-0.15, -0.1) is 0 Å². The quantitative estimate of drug-likeness (QED) is 0.774. The molecule has 0 aromatic heterocycles. The molecule has 3 rings (SSSR count). The third-order valence-corrected chi connectivity index (χ3v) is 5.38. The number of aromatic hydroxyl groups is 1. The third-order valence-electron chi connectivity index (χ3n) is 3.61. The van der Waals surface area contributed by atoms with Gasteiger partial charge in [0.05, 0.1) is 16.3 Å². The lowest BCUT2D eigenvalue weighted by Crippen LogP contribution is -2.26. The molecule has 0 aliphatic rings. The largest absolute Gasteiger partial charge is 0.508 e. The maximum absolute atomic E-state index is 13.2. The summed E-state index contributed by atoms with van der Waals surface area (Å²) in [6.45, 7) is 1.90. The average Bonchev–Trinajstić information content (AvgIpc) is 2.56. The Hall–Kier alpha value is -2.79. The van der Waals surface area contributed by atoms with Gasteiger partial charge in [0.2, 0.25) is 0 Å². The van der Waals surface area contributed by atoms with Crippen LogP contribution in [0.5, 0.6) is 5.75 Å². The summed E-state index contributed by atoms with van der Waals surface area (Å²) in [5, 5.41) is 9.76. The first kappa shape index (κ1) is 16.1. The number of phenolic OH excluding ortho intramolecular Hbond substituents is 1. The Bertz CT molecular complexity index is 936. The molecule has 4 nitrogen and oxygen atoms in total. The fourth-order valence-electron chi connectivity index (χ4n) is 2.43. The lowest BCUT2D eigenvalue weighted by molar-refractivity contribution is 0.475. The van der Waals surface area contributed by atoms with E-state index in [0.717, 1.165) is 5.56 Å². The van der Waals surface area contributed by atoms with E-state index in [0.29, 0.717) is 11.4 Å². The first-order chi connectivity index (χ1) is 11.5. The standard InChI is InChI=1S/C19H17NO3S/c1-15-10-12-19(13-11-15)24(22,23)20(16-6-3-2-4-7-16)17-8-5-9-18(21)14-17/h2-14,21H,1H3. The zero-order valence-corrected chi connectivity index (χ0v) is 13.9.